The molecule has 0 fully saturated rings. The van der Waals surface area contributed by atoms with Crippen LogP contribution in [0.25, 0.3) is 0 Å². The number of para-hydroxylation sites is 2. The first-order valence-corrected chi connectivity index (χ1v) is 6.68. The summed E-state index contributed by atoms with van der Waals surface area (Å²) in [5, 5.41) is 0. The summed E-state index contributed by atoms with van der Waals surface area (Å²) in [5.41, 5.74) is 6.66. The molecule has 2 N–H and O–H groups in total. The van der Waals surface area contributed by atoms with Crippen molar-refractivity contribution in [2.45, 2.75) is 18.8 Å². The molecule has 0 atom stereocenters. The van der Waals surface area contributed by atoms with Crippen molar-refractivity contribution >= 4 is 5.69 Å². The maximum atomic E-state index is 13.3. The Hall–Kier alpha value is -2.48. The zero-order chi connectivity index (χ0) is 16.5. The molecule has 4 nitrogen and oxygen atoms in total. The van der Waals surface area contributed by atoms with Gasteiger partial charge < -0.3 is 14.9 Å². The van der Waals surface area contributed by atoms with E-state index in [-0.39, 0.29) is 12.1 Å². The number of hydrogen-bond acceptors (Lipinski definition) is 4. The van der Waals surface area contributed by atoms with Gasteiger partial charge in [-0.25, -0.2) is 5.43 Å². The highest BCUT2D eigenvalue weighted by atomic mass is 19.3. The van der Waals surface area contributed by atoms with Crippen molar-refractivity contribution in [2.24, 2.45) is 0 Å². The summed E-state index contributed by atoms with van der Waals surface area (Å²) in [4.78, 5) is 0. The highest BCUT2D eigenvalue weighted by molar-refractivity contribution is 5.48. The molecule has 1 aliphatic heterocycles. The summed E-state index contributed by atoms with van der Waals surface area (Å²) in [7, 11) is 0. The molecule has 0 saturated carbocycles. The third-order valence-corrected chi connectivity index (χ3v) is 3.15. The molecule has 0 aromatic heterocycles. The number of halogens is 4. The van der Waals surface area contributed by atoms with Crippen molar-refractivity contribution in [1.29, 1.82) is 0 Å². The highest BCUT2D eigenvalue weighted by Gasteiger charge is 2.66. The van der Waals surface area contributed by atoms with E-state index in [0.29, 0.717) is 0 Å². The lowest BCUT2D eigenvalue weighted by Gasteiger charge is -2.32. The molecule has 1 heterocycles. The fraction of sp³-hybridized carbons (Fsp3) is 0.200. The number of rotatable bonds is 4. The first-order valence-electron chi connectivity index (χ1n) is 6.68. The van der Waals surface area contributed by atoms with E-state index in [1.807, 2.05) is 18.2 Å². The molecule has 0 spiro atoms. The summed E-state index contributed by atoms with van der Waals surface area (Å²) in [5.74, 6) is -0.842. The Balaban J connectivity index is 1.75. The minimum atomic E-state index is -4.73. The molecule has 0 saturated heterocycles. The molecule has 8 heteroatoms. The van der Waals surface area contributed by atoms with Gasteiger partial charge >= 0.3 is 12.2 Å². The lowest BCUT2D eigenvalue weighted by Crippen LogP contribution is -2.52. The van der Waals surface area contributed by atoms with E-state index in [1.165, 1.54) is 12.1 Å². The van der Waals surface area contributed by atoms with Crippen LogP contribution in [0.5, 0.6) is 11.5 Å². The van der Waals surface area contributed by atoms with Crippen LogP contribution in [0.15, 0.2) is 48.5 Å². The first kappa shape index (κ1) is 15.4. The summed E-state index contributed by atoms with van der Waals surface area (Å²) < 4.78 is 61.1. The summed E-state index contributed by atoms with van der Waals surface area (Å²) in [6.07, 6.45) is -9.45. The van der Waals surface area contributed by atoms with E-state index in [9.17, 15) is 17.6 Å². The van der Waals surface area contributed by atoms with Crippen LogP contribution in [0.4, 0.5) is 23.2 Å². The average Bonchev–Trinajstić information content (AvgIpc) is 2.50. The molecule has 3 rings (SSSR count). The van der Waals surface area contributed by atoms with Crippen LogP contribution in [0.2, 0.25) is 0 Å². The first-order chi connectivity index (χ1) is 10.9. The number of fused-ring (bicyclic) bond motifs is 1. The van der Waals surface area contributed by atoms with Crippen LogP contribution in [0.3, 0.4) is 0 Å². The second-order valence-electron chi connectivity index (χ2n) is 4.83. The van der Waals surface area contributed by atoms with Crippen molar-refractivity contribution in [1.82, 2.24) is 5.43 Å². The molecule has 0 bridgehead atoms. The van der Waals surface area contributed by atoms with Crippen LogP contribution in [0, 0.1) is 0 Å². The van der Waals surface area contributed by atoms with Crippen LogP contribution >= 0.6 is 0 Å². The second-order valence-corrected chi connectivity index (χ2v) is 4.83. The molecular weight excluding hydrogens is 316 g/mol. The maximum Gasteiger partial charge on any atom is 0.507 e. The third-order valence-electron chi connectivity index (χ3n) is 3.15. The molecule has 2 aromatic rings. The Morgan fingerprint density at radius 2 is 1.52 bits per heavy atom. The van der Waals surface area contributed by atoms with Crippen LogP contribution in [0.1, 0.15) is 5.56 Å². The normalized spacial score (nSPS) is 17.6. The van der Waals surface area contributed by atoms with Crippen molar-refractivity contribution in [3.8, 4) is 11.5 Å². The van der Waals surface area contributed by atoms with Gasteiger partial charge in [0.25, 0.3) is 0 Å². The third kappa shape index (κ3) is 3.02. The average molecular weight is 328 g/mol. The van der Waals surface area contributed by atoms with Crippen molar-refractivity contribution < 1.29 is 27.0 Å². The van der Waals surface area contributed by atoms with Crippen LogP contribution in [-0.2, 0) is 6.54 Å². The largest absolute Gasteiger partial charge is 0.507 e. The highest BCUT2D eigenvalue weighted by Crippen LogP contribution is 2.48. The van der Waals surface area contributed by atoms with Gasteiger partial charge in [-0.3, -0.25) is 0 Å². The van der Waals surface area contributed by atoms with Gasteiger partial charge in [0.1, 0.15) is 0 Å². The van der Waals surface area contributed by atoms with Crippen LogP contribution in [-0.4, -0.2) is 12.2 Å². The van der Waals surface area contributed by atoms with Crippen molar-refractivity contribution in [3.05, 3.63) is 54.1 Å². The smallest absolute Gasteiger partial charge is 0.421 e. The maximum absolute atomic E-state index is 13.3. The van der Waals surface area contributed by atoms with E-state index < -0.39 is 23.7 Å². The zero-order valence-electron chi connectivity index (χ0n) is 11.7. The monoisotopic (exact) mass is 328 g/mol. The minimum absolute atomic E-state index is 0.0586. The van der Waals surface area contributed by atoms with E-state index >= 15 is 0 Å². The predicted octanol–water partition coefficient (Wildman–Crippen LogP) is 3.76. The van der Waals surface area contributed by atoms with E-state index in [0.717, 1.165) is 11.8 Å². The molecule has 0 unspecified atom stereocenters. The quantitative estimate of drug-likeness (QED) is 0.662. The number of alkyl halides is 4. The van der Waals surface area contributed by atoms with Crippen molar-refractivity contribution in [3.63, 3.8) is 0 Å². The lowest BCUT2D eigenvalue weighted by atomic mass is 10.1. The topological polar surface area (TPSA) is 42.5 Å². The number of hydrazine groups is 1. The second kappa shape index (κ2) is 5.62. The van der Waals surface area contributed by atoms with Gasteiger partial charge in [0.15, 0.2) is 11.5 Å². The minimum Gasteiger partial charge on any atom is -0.421 e. The number of benzene rings is 2. The molecule has 1 aliphatic rings. The Bertz CT molecular complexity index is 695. The molecule has 122 valence electrons. The Morgan fingerprint density at radius 3 is 2.26 bits per heavy atom. The van der Waals surface area contributed by atoms with E-state index in [2.05, 4.69) is 20.3 Å². The standard InChI is InChI=1S/C15H12F4N2O2/c16-14(17)15(18,19)23-13-10(5-4-8-12(13)22-14)9-20-21-11-6-2-1-3-7-11/h1-8,20-21H,9H2. The van der Waals surface area contributed by atoms with E-state index in [4.69, 9.17) is 0 Å². The lowest BCUT2D eigenvalue weighted by molar-refractivity contribution is -0.391. The molecule has 23 heavy (non-hydrogen) atoms. The van der Waals surface area contributed by atoms with Gasteiger partial charge in [-0.1, -0.05) is 30.3 Å². The van der Waals surface area contributed by atoms with E-state index in [1.54, 1.807) is 12.1 Å². The SMILES string of the molecule is FC1(F)Oc2cccc(CNNc3ccccc3)c2OC1(F)F. The number of hydrogen-bond donors (Lipinski definition) is 2. The summed E-state index contributed by atoms with van der Waals surface area (Å²) >= 11 is 0. The van der Waals surface area contributed by atoms with Gasteiger partial charge in [0.2, 0.25) is 0 Å². The molecule has 0 radical (unpaired) electrons. The Kier molecular flexibility index (Phi) is 3.77. The number of nitrogens with one attached hydrogen (secondary N) is 2. The fourth-order valence-corrected chi connectivity index (χ4v) is 2.04. The van der Waals surface area contributed by atoms with Gasteiger partial charge in [-0.15, -0.1) is 0 Å². The predicted molar refractivity (Wildman–Crippen MR) is 74.5 cm³/mol. The molecule has 0 aliphatic carbocycles. The molecule has 0 amide bonds. The fourth-order valence-electron chi connectivity index (χ4n) is 2.04. The summed E-state index contributed by atoms with van der Waals surface area (Å²) in [6, 6.07) is 13.1. The Morgan fingerprint density at radius 1 is 0.826 bits per heavy atom. The summed E-state index contributed by atoms with van der Waals surface area (Å²) in [6.45, 7) is 0.0586. The van der Waals surface area contributed by atoms with Gasteiger partial charge in [-0.05, 0) is 18.2 Å². The Labute approximate surface area is 129 Å². The van der Waals surface area contributed by atoms with Crippen LogP contribution < -0.4 is 20.3 Å². The van der Waals surface area contributed by atoms with Gasteiger partial charge in [-0.2, -0.15) is 17.6 Å². The molecule has 2 aromatic carbocycles. The van der Waals surface area contributed by atoms with Gasteiger partial charge in [0, 0.05) is 17.8 Å². The number of ether oxygens (including phenoxy) is 2. The van der Waals surface area contributed by atoms with Gasteiger partial charge in [0.05, 0.1) is 0 Å². The molecular formula is C15H12F4N2O2. The number of anilines is 1. The zero-order valence-corrected chi connectivity index (χ0v) is 11.7. The van der Waals surface area contributed by atoms with Crippen molar-refractivity contribution in [2.75, 3.05) is 5.43 Å².